The fourth-order valence-corrected chi connectivity index (χ4v) is 3.71. The van der Waals surface area contributed by atoms with Crippen LogP contribution < -0.4 is 10.2 Å². The molecular weight excluding hydrogens is 350 g/mol. The van der Waals surface area contributed by atoms with E-state index in [0.717, 1.165) is 50.1 Å². The lowest BCUT2D eigenvalue weighted by Crippen LogP contribution is -2.47. The molecule has 4 rings (SSSR count). The first kappa shape index (κ1) is 18.6. The van der Waals surface area contributed by atoms with E-state index in [1.165, 1.54) is 5.69 Å². The largest absolute Gasteiger partial charge is 0.451 e. The van der Waals surface area contributed by atoms with Crippen molar-refractivity contribution in [1.82, 2.24) is 10.2 Å². The summed E-state index contributed by atoms with van der Waals surface area (Å²) in [6.45, 7) is 7.25. The van der Waals surface area contributed by atoms with Gasteiger partial charge in [-0.05, 0) is 37.6 Å². The average Bonchev–Trinajstić information content (AvgIpc) is 3.18. The minimum absolute atomic E-state index is 0.105. The second-order valence-corrected chi connectivity index (χ2v) is 7.48. The lowest BCUT2D eigenvalue weighted by atomic mass is 10.2. The van der Waals surface area contributed by atoms with Crippen molar-refractivity contribution in [3.8, 4) is 0 Å². The third-order valence-corrected chi connectivity index (χ3v) is 5.40. The number of amides is 1. The third-order valence-electron chi connectivity index (χ3n) is 5.40. The van der Waals surface area contributed by atoms with Crippen LogP contribution in [0.15, 0.2) is 65.1 Å². The lowest BCUT2D eigenvalue weighted by Gasteiger charge is -2.36. The zero-order valence-corrected chi connectivity index (χ0v) is 16.3. The van der Waals surface area contributed by atoms with Crippen molar-refractivity contribution >= 4 is 22.6 Å². The quantitative estimate of drug-likeness (QED) is 0.711. The van der Waals surface area contributed by atoms with Gasteiger partial charge in [-0.25, -0.2) is 0 Å². The molecule has 146 valence electrons. The van der Waals surface area contributed by atoms with Gasteiger partial charge in [-0.1, -0.05) is 36.4 Å². The summed E-state index contributed by atoms with van der Waals surface area (Å²) in [4.78, 5) is 17.4. The van der Waals surface area contributed by atoms with E-state index in [1.807, 2.05) is 24.3 Å². The van der Waals surface area contributed by atoms with Crippen LogP contribution in [-0.4, -0.2) is 49.6 Å². The summed E-state index contributed by atoms with van der Waals surface area (Å²) in [5.74, 6) is 0.238. The summed E-state index contributed by atoms with van der Waals surface area (Å²) in [6, 6.07) is 20.2. The van der Waals surface area contributed by atoms with Gasteiger partial charge in [-0.3, -0.25) is 9.69 Å². The normalized spacial score (nSPS) is 16.2. The van der Waals surface area contributed by atoms with E-state index in [-0.39, 0.29) is 11.9 Å². The maximum absolute atomic E-state index is 12.5. The third kappa shape index (κ3) is 4.37. The van der Waals surface area contributed by atoms with Crippen molar-refractivity contribution in [2.75, 3.05) is 37.6 Å². The number of rotatable bonds is 6. The van der Waals surface area contributed by atoms with E-state index in [1.54, 1.807) is 6.07 Å². The van der Waals surface area contributed by atoms with Crippen molar-refractivity contribution in [1.29, 1.82) is 0 Å². The number of para-hydroxylation sites is 2. The molecule has 1 amide bonds. The van der Waals surface area contributed by atoms with Gasteiger partial charge in [0.2, 0.25) is 0 Å². The van der Waals surface area contributed by atoms with Gasteiger partial charge in [0.1, 0.15) is 5.58 Å². The van der Waals surface area contributed by atoms with E-state index in [0.29, 0.717) is 5.76 Å². The SMILES string of the molecule is C[C@@H](CCN1CCN(c2ccccc2)CC1)NC(=O)c1cc2ccccc2o1. The number of anilines is 1. The summed E-state index contributed by atoms with van der Waals surface area (Å²) in [5, 5.41) is 4.02. The zero-order valence-electron chi connectivity index (χ0n) is 16.3. The smallest absolute Gasteiger partial charge is 0.287 e. The number of piperazine rings is 1. The Hall–Kier alpha value is -2.79. The Bertz CT molecular complexity index is 881. The van der Waals surface area contributed by atoms with Gasteiger partial charge in [0.25, 0.3) is 5.91 Å². The number of nitrogens with zero attached hydrogens (tertiary/aromatic N) is 2. The molecule has 5 heteroatoms. The first-order valence-electron chi connectivity index (χ1n) is 10.0. The number of fused-ring (bicyclic) bond motifs is 1. The molecule has 0 bridgehead atoms. The topological polar surface area (TPSA) is 48.7 Å². The number of nitrogens with one attached hydrogen (secondary N) is 1. The van der Waals surface area contributed by atoms with Crippen LogP contribution >= 0.6 is 0 Å². The molecule has 0 spiro atoms. The molecule has 0 saturated carbocycles. The second-order valence-electron chi connectivity index (χ2n) is 7.48. The Morgan fingerprint density at radius 3 is 2.50 bits per heavy atom. The molecule has 28 heavy (non-hydrogen) atoms. The molecule has 3 aromatic rings. The molecule has 0 aliphatic carbocycles. The standard InChI is InChI=1S/C23H27N3O2/c1-18(24-23(27)22-17-19-7-5-6-10-21(19)28-22)11-12-25-13-15-26(16-14-25)20-8-3-2-4-9-20/h2-10,17-18H,11-16H2,1H3,(H,24,27)/t18-/m0/s1. The molecule has 2 heterocycles. The monoisotopic (exact) mass is 377 g/mol. The fraction of sp³-hybridized carbons (Fsp3) is 0.348. The van der Waals surface area contributed by atoms with Crippen molar-refractivity contribution in [2.45, 2.75) is 19.4 Å². The fourth-order valence-electron chi connectivity index (χ4n) is 3.71. The Morgan fingerprint density at radius 2 is 1.75 bits per heavy atom. The lowest BCUT2D eigenvalue weighted by molar-refractivity contribution is 0.0909. The molecule has 0 radical (unpaired) electrons. The number of hydrogen-bond donors (Lipinski definition) is 1. The molecule has 1 atom stereocenters. The molecule has 1 aliphatic rings. The van der Waals surface area contributed by atoms with Crippen molar-refractivity contribution in [2.24, 2.45) is 0 Å². The molecule has 0 unspecified atom stereocenters. The van der Waals surface area contributed by atoms with Crippen LogP contribution in [0.25, 0.3) is 11.0 Å². The van der Waals surface area contributed by atoms with Gasteiger partial charge in [0.05, 0.1) is 0 Å². The highest BCUT2D eigenvalue weighted by Gasteiger charge is 2.19. The van der Waals surface area contributed by atoms with Crippen LogP contribution in [0, 0.1) is 0 Å². The summed E-state index contributed by atoms with van der Waals surface area (Å²) in [7, 11) is 0. The Morgan fingerprint density at radius 1 is 1.04 bits per heavy atom. The van der Waals surface area contributed by atoms with E-state index < -0.39 is 0 Å². The molecule has 1 aliphatic heterocycles. The summed E-state index contributed by atoms with van der Waals surface area (Å²) in [6.07, 6.45) is 0.928. The van der Waals surface area contributed by atoms with Crippen LogP contribution in [0.2, 0.25) is 0 Å². The number of furan rings is 1. The maximum Gasteiger partial charge on any atom is 0.287 e. The van der Waals surface area contributed by atoms with Crippen LogP contribution in [-0.2, 0) is 0 Å². The predicted molar refractivity (Wildman–Crippen MR) is 113 cm³/mol. The zero-order chi connectivity index (χ0) is 19.3. The van der Waals surface area contributed by atoms with Crippen molar-refractivity contribution < 1.29 is 9.21 Å². The highest BCUT2D eigenvalue weighted by atomic mass is 16.3. The van der Waals surface area contributed by atoms with E-state index in [2.05, 4.69) is 52.4 Å². The van der Waals surface area contributed by atoms with Crippen molar-refractivity contribution in [3.05, 3.63) is 66.4 Å². The van der Waals surface area contributed by atoms with Gasteiger partial charge < -0.3 is 14.6 Å². The summed E-state index contributed by atoms with van der Waals surface area (Å²) < 4.78 is 5.65. The number of benzene rings is 2. The van der Waals surface area contributed by atoms with Crippen LogP contribution in [0.3, 0.4) is 0 Å². The van der Waals surface area contributed by atoms with Gasteiger partial charge in [0.15, 0.2) is 5.76 Å². The van der Waals surface area contributed by atoms with Gasteiger partial charge >= 0.3 is 0 Å². The molecule has 1 saturated heterocycles. The highest BCUT2D eigenvalue weighted by Crippen LogP contribution is 2.19. The first-order valence-corrected chi connectivity index (χ1v) is 10.0. The number of carbonyl (C=O) groups is 1. The molecule has 5 nitrogen and oxygen atoms in total. The summed E-state index contributed by atoms with van der Waals surface area (Å²) >= 11 is 0. The Balaban J connectivity index is 1.22. The van der Waals surface area contributed by atoms with E-state index in [9.17, 15) is 4.79 Å². The minimum atomic E-state index is -0.141. The Labute approximate surface area is 165 Å². The number of hydrogen-bond acceptors (Lipinski definition) is 4. The average molecular weight is 377 g/mol. The second kappa shape index (κ2) is 8.48. The van der Waals surface area contributed by atoms with Gasteiger partial charge in [-0.15, -0.1) is 0 Å². The van der Waals surface area contributed by atoms with Crippen molar-refractivity contribution in [3.63, 3.8) is 0 Å². The first-order chi connectivity index (χ1) is 13.7. The Kier molecular flexibility index (Phi) is 5.63. The van der Waals surface area contributed by atoms with Crippen LogP contribution in [0.1, 0.15) is 23.9 Å². The summed E-state index contributed by atoms with van der Waals surface area (Å²) in [5.41, 5.74) is 2.05. The molecule has 1 N–H and O–H groups in total. The predicted octanol–water partition coefficient (Wildman–Crippen LogP) is 3.76. The molecule has 2 aromatic carbocycles. The highest BCUT2D eigenvalue weighted by molar-refractivity contribution is 5.96. The van der Waals surface area contributed by atoms with Crippen LogP contribution in [0.4, 0.5) is 5.69 Å². The molecular formula is C23H27N3O2. The van der Waals surface area contributed by atoms with E-state index in [4.69, 9.17) is 4.42 Å². The molecule has 1 fully saturated rings. The number of carbonyl (C=O) groups excluding carboxylic acids is 1. The van der Waals surface area contributed by atoms with Gasteiger partial charge in [-0.2, -0.15) is 0 Å². The minimum Gasteiger partial charge on any atom is -0.451 e. The maximum atomic E-state index is 12.5. The van der Waals surface area contributed by atoms with Crippen LogP contribution in [0.5, 0.6) is 0 Å². The van der Waals surface area contributed by atoms with Gasteiger partial charge in [0, 0.05) is 49.8 Å². The molecule has 1 aromatic heterocycles. The van der Waals surface area contributed by atoms with E-state index >= 15 is 0 Å².